The van der Waals surface area contributed by atoms with Crippen LogP contribution in [0.3, 0.4) is 0 Å². The van der Waals surface area contributed by atoms with E-state index in [-0.39, 0.29) is 22.8 Å². The van der Waals surface area contributed by atoms with Gasteiger partial charge in [-0.25, -0.2) is 16.8 Å². The molecule has 1 saturated heterocycles. The average Bonchev–Trinajstić information content (AvgIpc) is 2.95. The highest BCUT2D eigenvalue weighted by molar-refractivity contribution is 7.93. The van der Waals surface area contributed by atoms with E-state index in [2.05, 4.69) is 0 Å². The molecule has 2 aromatic carbocycles. The minimum atomic E-state index is -3.90. The van der Waals surface area contributed by atoms with Gasteiger partial charge in [-0.2, -0.15) is 0 Å². The van der Waals surface area contributed by atoms with Crippen molar-refractivity contribution in [1.29, 1.82) is 0 Å². The Morgan fingerprint density at radius 1 is 1.04 bits per heavy atom. The fourth-order valence-electron chi connectivity index (χ4n) is 2.94. The van der Waals surface area contributed by atoms with E-state index < -0.39 is 25.9 Å². The molecule has 0 amide bonds. The van der Waals surface area contributed by atoms with Crippen molar-refractivity contribution in [2.75, 3.05) is 22.9 Å². The minimum Gasteiger partial charge on any atom is -0.497 e. The molecule has 0 saturated carbocycles. The summed E-state index contributed by atoms with van der Waals surface area (Å²) < 4.78 is 56.5. The van der Waals surface area contributed by atoms with Crippen LogP contribution in [-0.2, 0) is 19.9 Å². The largest absolute Gasteiger partial charge is 0.497 e. The first-order valence-electron chi connectivity index (χ1n) is 7.77. The lowest BCUT2D eigenvalue weighted by Gasteiger charge is -2.29. The molecule has 0 aromatic heterocycles. The van der Waals surface area contributed by atoms with Crippen LogP contribution in [0.15, 0.2) is 59.5 Å². The lowest BCUT2D eigenvalue weighted by Crippen LogP contribution is -2.41. The normalized spacial score (nSPS) is 19.5. The number of sulfone groups is 1. The van der Waals surface area contributed by atoms with Crippen LogP contribution in [-0.4, -0.2) is 41.5 Å². The predicted octanol–water partition coefficient (Wildman–Crippen LogP) is 2.08. The first-order valence-corrected chi connectivity index (χ1v) is 11.0. The van der Waals surface area contributed by atoms with E-state index in [9.17, 15) is 16.8 Å². The van der Waals surface area contributed by atoms with Gasteiger partial charge >= 0.3 is 0 Å². The maximum Gasteiger partial charge on any atom is 0.264 e. The van der Waals surface area contributed by atoms with E-state index in [1.54, 1.807) is 42.5 Å². The first kappa shape index (κ1) is 17.8. The van der Waals surface area contributed by atoms with Gasteiger partial charge in [-0.15, -0.1) is 0 Å². The molecule has 1 atom stereocenters. The van der Waals surface area contributed by atoms with Gasteiger partial charge in [0.25, 0.3) is 10.0 Å². The van der Waals surface area contributed by atoms with Crippen LogP contribution in [0.5, 0.6) is 5.75 Å². The molecule has 2 aromatic rings. The van der Waals surface area contributed by atoms with Gasteiger partial charge in [-0.3, -0.25) is 4.31 Å². The van der Waals surface area contributed by atoms with Gasteiger partial charge in [0.05, 0.1) is 35.2 Å². The summed E-state index contributed by atoms with van der Waals surface area (Å²) in [7, 11) is -5.62. The summed E-state index contributed by atoms with van der Waals surface area (Å²) in [5, 5.41) is 0. The van der Waals surface area contributed by atoms with Gasteiger partial charge in [0, 0.05) is 0 Å². The number of nitrogens with zero attached hydrogens (tertiary/aromatic N) is 1. The molecule has 1 aliphatic rings. The Kier molecular flexibility index (Phi) is 4.75. The standard InChI is InChI=1S/C17H19NO5S2/c1-23-16-7-9-17(10-8-16)25(21,22)18(14-5-3-2-4-6-14)15-11-12-24(19,20)13-15/h2-10,15H,11-13H2,1H3/t15-/m1/s1. The second kappa shape index (κ2) is 6.68. The fourth-order valence-corrected chi connectivity index (χ4v) is 6.42. The number of para-hydroxylation sites is 1. The molecule has 1 aliphatic heterocycles. The summed E-state index contributed by atoms with van der Waals surface area (Å²) in [6.45, 7) is 0. The van der Waals surface area contributed by atoms with Crippen molar-refractivity contribution in [3.05, 3.63) is 54.6 Å². The Morgan fingerprint density at radius 2 is 1.68 bits per heavy atom. The highest BCUT2D eigenvalue weighted by Gasteiger charge is 2.39. The van der Waals surface area contributed by atoms with Crippen molar-refractivity contribution in [2.24, 2.45) is 0 Å². The van der Waals surface area contributed by atoms with Gasteiger partial charge in [0.1, 0.15) is 5.75 Å². The van der Waals surface area contributed by atoms with Crippen LogP contribution in [0.25, 0.3) is 0 Å². The van der Waals surface area contributed by atoms with Crippen molar-refractivity contribution in [1.82, 2.24) is 0 Å². The van der Waals surface area contributed by atoms with E-state index in [1.807, 2.05) is 0 Å². The molecular formula is C17H19NO5S2. The minimum absolute atomic E-state index is 0.000860. The lowest BCUT2D eigenvalue weighted by atomic mass is 10.2. The number of hydrogen-bond acceptors (Lipinski definition) is 5. The van der Waals surface area contributed by atoms with Crippen LogP contribution in [0.2, 0.25) is 0 Å². The SMILES string of the molecule is COc1ccc(S(=O)(=O)N(c2ccccc2)[C@@H]2CCS(=O)(=O)C2)cc1. The van der Waals surface area contributed by atoms with Crippen molar-refractivity contribution >= 4 is 25.5 Å². The molecule has 8 heteroatoms. The summed E-state index contributed by atoms with van der Waals surface area (Å²) in [4.78, 5) is 0.0986. The summed E-state index contributed by atoms with van der Waals surface area (Å²) in [5.41, 5.74) is 0.459. The predicted molar refractivity (Wildman–Crippen MR) is 96.2 cm³/mol. The number of methoxy groups -OCH3 is 1. The van der Waals surface area contributed by atoms with E-state index in [0.29, 0.717) is 11.4 Å². The van der Waals surface area contributed by atoms with Crippen molar-refractivity contribution in [2.45, 2.75) is 17.4 Å². The Morgan fingerprint density at radius 3 is 2.20 bits per heavy atom. The van der Waals surface area contributed by atoms with E-state index in [0.717, 1.165) is 0 Å². The van der Waals surface area contributed by atoms with Crippen LogP contribution in [0.4, 0.5) is 5.69 Å². The topological polar surface area (TPSA) is 80.8 Å². The molecule has 134 valence electrons. The Balaban J connectivity index is 2.07. The zero-order valence-corrected chi connectivity index (χ0v) is 15.3. The molecule has 0 N–H and O–H groups in total. The third kappa shape index (κ3) is 3.64. The second-order valence-corrected chi connectivity index (χ2v) is 9.91. The third-order valence-corrected chi connectivity index (χ3v) is 7.81. The van der Waals surface area contributed by atoms with Crippen LogP contribution >= 0.6 is 0 Å². The molecule has 1 heterocycles. The van der Waals surface area contributed by atoms with Gasteiger partial charge in [-0.1, -0.05) is 18.2 Å². The number of anilines is 1. The van der Waals surface area contributed by atoms with Gasteiger partial charge in [-0.05, 0) is 42.8 Å². The van der Waals surface area contributed by atoms with E-state index in [4.69, 9.17) is 4.74 Å². The molecular weight excluding hydrogens is 362 g/mol. The molecule has 1 fully saturated rings. The molecule has 25 heavy (non-hydrogen) atoms. The van der Waals surface area contributed by atoms with Crippen LogP contribution in [0, 0.1) is 0 Å². The van der Waals surface area contributed by atoms with Gasteiger partial charge in [0.2, 0.25) is 0 Å². The highest BCUT2D eigenvalue weighted by Crippen LogP contribution is 2.31. The Hall–Kier alpha value is -2.06. The van der Waals surface area contributed by atoms with Crippen molar-refractivity contribution in [3.8, 4) is 5.75 Å². The zero-order chi connectivity index (χ0) is 18.1. The van der Waals surface area contributed by atoms with Crippen LogP contribution < -0.4 is 9.04 Å². The fraction of sp³-hybridized carbons (Fsp3) is 0.294. The lowest BCUT2D eigenvalue weighted by molar-refractivity contribution is 0.414. The molecule has 0 spiro atoms. The molecule has 0 radical (unpaired) electrons. The number of rotatable bonds is 5. The number of benzene rings is 2. The molecule has 0 bridgehead atoms. The summed E-state index contributed by atoms with van der Waals surface area (Å²) in [6.07, 6.45) is 0.284. The maximum absolute atomic E-state index is 13.2. The van der Waals surface area contributed by atoms with Crippen molar-refractivity contribution in [3.63, 3.8) is 0 Å². The molecule has 6 nitrogen and oxygen atoms in total. The number of sulfonamides is 1. The highest BCUT2D eigenvalue weighted by atomic mass is 32.2. The smallest absolute Gasteiger partial charge is 0.264 e. The Bertz CT molecular complexity index is 938. The maximum atomic E-state index is 13.2. The third-order valence-electron chi connectivity index (χ3n) is 4.17. The van der Waals surface area contributed by atoms with Gasteiger partial charge in [0.15, 0.2) is 9.84 Å². The quantitative estimate of drug-likeness (QED) is 0.792. The summed E-state index contributed by atoms with van der Waals surface area (Å²) in [5.74, 6) is 0.379. The number of hydrogen-bond donors (Lipinski definition) is 0. The molecule has 0 aliphatic carbocycles. The van der Waals surface area contributed by atoms with E-state index in [1.165, 1.54) is 23.5 Å². The van der Waals surface area contributed by atoms with Crippen molar-refractivity contribution < 1.29 is 21.6 Å². The second-order valence-electron chi connectivity index (χ2n) is 5.87. The summed E-state index contributed by atoms with van der Waals surface area (Å²) in [6, 6.07) is 14.1. The zero-order valence-electron chi connectivity index (χ0n) is 13.7. The van der Waals surface area contributed by atoms with E-state index >= 15 is 0 Å². The van der Waals surface area contributed by atoms with Crippen LogP contribution in [0.1, 0.15) is 6.42 Å². The average molecular weight is 381 g/mol. The number of ether oxygens (including phenoxy) is 1. The van der Waals surface area contributed by atoms with Gasteiger partial charge < -0.3 is 4.74 Å². The monoisotopic (exact) mass is 381 g/mol. The molecule has 3 rings (SSSR count). The summed E-state index contributed by atoms with van der Waals surface area (Å²) >= 11 is 0. The molecule has 0 unspecified atom stereocenters. The Labute approximate surface area is 148 Å². The first-order chi connectivity index (χ1) is 11.8.